The maximum atomic E-state index is 10.0. The summed E-state index contributed by atoms with van der Waals surface area (Å²) in [5, 5.41) is 8.24. The van der Waals surface area contributed by atoms with Crippen LogP contribution in [0.5, 0.6) is 0 Å². The molecular formula is C10H16O4. The van der Waals surface area contributed by atoms with Gasteiger partial charge in [0.2, 0.25) is 0 Å². The highest BCUT2D eigenvalue weighted by molar-refractivity contribution is 5.85. The molecule has 1 N–H and O–H groups in total. The van der Waals surface area contributed by atoms with E-state index in [-0.39, 0.29) is 0 Å². The molecule has 0 aromatic carbocycles. The van der Waals surface area contributed by atoms with Gasteiger partial charge in [0.05, 0.1) is 7.11 Å². The van der Waals surface area contributed by atoms with Crippen LogP contribution in [-0.4, -0.2) is 24.2 Å². The molecule has 0 saturated heterocycles. The van der Waals surface area contributed by atoms with Crippen LogP contribution in [0, 0.1) is 0 Å². The van der Waals surface area contributed by atoms with Crippen molar-refractivity contribution in [1.82, 2.24) is 0 Å². The van der Waals surface area contributed by atoms with Crippen molar-refractivity contribution in [3.63, 3.8) is 0 Å². The second-order valence-corrected chi connectivity index (χ2v) is 2.33. The zero-order valence-electron chi connectivity index (χ0n) is 8.74. The first-order valence-electron chi connectivity index (χ1n) is 4.10. The molecule has 0 aliphatic heterocycles. The predicted octanol–water partition coefficient (Wildman–Crippen LogP) is 1.77. The number of methoxy groups -OCH3 is 1. The number of carbonyl (C=O) groups is 2. The van der Waals surface area contributed by atoms with Crippen LogP contribution in [0.1, 0.15) is 20.3 Å². The van der Waals surface area contributed by atoms with E-state index >= 15 is 0 Å². The minimum absolute atomic E-state index is 0.394. The lowest BCUT2D eigenvalue weighted by molar-refractivity contribution is -0.135. The summed E-state index contributed by atoms with van der Waals surface area (Å²) in [6.07, 6.45) is 3.58. The third kappa shape index (κ3) is 10.4. The van der Waals surface area contributed by atoms with Crippen molar-refractivity contribution in [3.05, 3.63) is 24.3 Å². The number of carbonyl (C=O) groups excluding carboxylic acids is 1. The summed E-state index contributed by atoms with van der Waals surface area (Å²) in [6, 6.07) is 0. The van der Waals surface area contributed by atoms with Crippen molar-refractivity contribution in [1.29, 1.82) is 0 Å². The molecule has 4 nitrogen and oxygen atoms in total. The third-order valence-corrected chi connectivity index (χ3v) is 1.22. The number of rotatable bonds is 3. The number of carboxylic acids is 1. The number of hydrogen-bond donors (Lipinski definition) is 1. The van der Waals surface area contributed by atoms with Crippen LogP contribution in [0.2, 0.25) is 0 Å². The van der Waals surface area contributed by atoms with Crippen LogP contribution < -0.4 is 0 Å². The molecule has 0 aliphatic carbocycles. The van der Waals surface area contributed by atoms with E-state index in [4.69, 9.17) is 5.11 Å². The van der Waals surface area contributed by atoms with E-state index in [1.807, 2.05) is 6.92 Å². The zero-order chi connectivity index (χ0) is 11.6. The standard InChI is InChI=1S/C6H10O2.C4H6O2/c1-3-4-5(2)6(7)8;1-3-4(5)6-2/h4H,3H2,1-2H3,(H,7,8);3H,1H2,2H3. The Kier molecular flexibility index (Phi) is 10.1. The van der Waals surface area contributed by atoms with Crippen molar-refractivity contribution >= 4 is 11.9 Å². The first-order chi connectivity index (χ1) is 6.49. The van der Waals surface area contributed by atoms with E-state index in [1.54, 1.807) is 13.0 Å². The lowest BCUT2D eigenvalue weighted by atomic mass is 10.2. The molecule has 0 aromatic heterocycles. The number of allylic oxidation sites excluding steroid dienone is 1. The fourth-order valence-electron chi connectivity index (χ4n) is 0.477. The van der Waals surface area contributed by atoms with Gasteiger partial charge >= 0.3 is 11.9 Å². The van der Waals surface area contributed by atoms with Crippen LogP contribution in [0.15, 0.2) is 24.3 Å². The van der Waals surface area contributed by atoms with Crippen molar-refractivity contribution in [2.24, 2.45) is 0 Å². The number of ether oxygens (including phenoxy) is 1. The van der Waals surface area contributed by atoms with Gasteiger partial charge in [0.25, 0.3) is 0 Å². The summed E-state index contributed by atoms with van der Waals surface area (Å²) in [6.45, 7) is 6.66. The Balaban J connectivity index is 0. The second-order valence-electron chi connectivity index (χ2n) is 2.33. The van der Waals surface area contributed by atoms with Crippen LogP contribution in [-0.2, 0) is 14.3 Å². The fourth-order valence-corrected chi connectivity index (χ4v) is 0.477. The van der Waals surface area contributed by atoms with Gasteiger partial charge in [0.15, 0.2) is 0 Å². The molecular weight excluding hydrogens is 184 g/mol. The molecule has 0 radical (unpaired) electrons. The maximum Gasteiger partial charge on any atom is 0.330 e. The predicted molar refractivity (Wildman–Crippen MR) is 53.9 cm³/mol. The normalized spacial score (nSPS) is 9.50. The highest BCUT2D eigenvalue weighted by Gasteiger charge is 1.94. The fraction of sp³-hybridized carbons (Fsp3) is 0.400. The highest BCUT2D eigenvalue weighted by Crippen LogP contribution is 1.92. The maximum absolute atomic E-state index is 10.0. The van der Waals surface area contributed by atoms with Crippen LogP contribution in [0.3, 0.4) is 0 Å². The number of esters is 1. The Morgan fingerprint density at radius 3 is 2.07 bits per heavy atom. The molecule has 0 unspecified atom stereocenters. The summed E-state index contributed by atoms with van der Waals surface area (Å²) in [7, 11) is 1.31. The van der Waals surface area contributed by atoms with E-state index < -0.39 is 11.9 Å². The molecule has 4 heteroatoms. The topological polar surface area (TPSA) is 63.6 Å². The molecule has 0 heterocycles. The molecule has 0 atom stereocenters. The van der Waals surface area contributed by atoms with Gasteiger partial charge in [0, 0.05) is 11.6 Å². The molecule has 0 rings (SSSR count). The molecule has 0 aliphatic rings. The van der Waals surface area contributed by atoms with Gasteiger partial charge in [-0.1, -0.05) is 19.6 Å². The van der Waals surface area contributed by atoms with Gasteiger partial charge < -0.3 is 9.84 Å². The smallest absolute Gasteiger partial charge is 0.330 e. The average molecular weight is 200 g/mol. The monoisotopic (exact) mass is 200 g/mol. The second kappa shape index (κ2) is 9.51. The minimum Gasteiger partial charge on any atom is -0.478 e. The Morgan fingerprint density at radius 1 is 1.50 bits per heavy atom. The molecule has 0 saturated carbocycles. The Morgan fingerprint density at radius 2 is 2.00 bits per heavy atom. The van der Waals surface area contributed by atoms with E-state index in [2.05, 4.69) is 11.3 Å². The van der Waals surface area contributed by atoms with Gasteiger partial charge in [-0.3, -0.25) is 0 Å². The number of hydrogen-bond acceptors (Lipinski definition) is 3. The Bertz CT molecular complexity index is 228. The largest absolute Gasteiger partial charge is 0.478 e. The van der Waals surface area contributed by atoms with Crippen LogP contribution >= 0.6 is 0 Å². The minimum atomic E-state index is -0.827. The van der Waals surface area contributed by atoms with E-state index in [0.29, 0.717) is 5.57 Å². The molecule has 0 aromatic rings. The van der Waals surface area contributed by atoms with Gasteiger partial charge in [-0.15, -0.1) is 0 Å². The van der Waals surface area contributed by atoms with Crippen LogP contribution in [0.4, 0.5) is 0 Å². The summed E-state index contributed by atoms with van der Waals surface area (Å²) >= 11 is 0. The Labute approximate surface area is 83.9 Å². The summed E-state index contributed by atoms with van der Waals surface area (Å²) in [5.74, 6) is -1.22. The molecule has 0 spiro atoms. The van der Waals surface area contributed by atoms with Gasteiger partial charge in [-0.2, -0.15) is 0 Å². The molecule has 14 heavy (non-hydrogen) atoms. The molecule has 80 valence electrons. The Hall–Kier alpha value is -1.58. The van der Waals surface area contributed by atoms with Crippen LogP contribution in [0.25, 0.3) is 0 Å². The van der Waals surface area contributed by atoms with Crippen molar-refractivity contribution in [3.8, 4) is 0 Å². The van der Waals surface area contributed by atoms with Crippen molar-refractivity contribution in [2.45, 2.75) is 20.3 Å². The van der Waals surface area contributed by atoms with Crippen molar-refractivity contribution in [2.75, 3.05) is 7.11 Å². The lowest BCUT2D eigenvalue weighted by Gasteiger charge is -1.87. The first-order valence-corrected chi connectivity index (χ1v) is 4.10. The number of aliphatic carboxylic acids is 1. The van der Waals surface area contributed by atoms with E-state index in [0.717, 1.165) is 12.5 Å². The van der Waals surface area contributed by atoms with E-state index in [9.17, 15) is 9.59 Å². The van der Waals surface area contributed by atoms with E-state index in [1.165, 1.54) is 7.11 Å². The summed E-state index contributed by atoms with van der Waals surface area (Å²) < 4.78 is 4.14. The first kappa shape index (κ1) is 14.9. The van der Waals surface area contributed by atoms with Gasteiger partial charge in [-0.05, 0) is 13.3 Å². The zero-order valence-corrected chi connectivity index (χ0v) is 8.74. The third-order valence-electron chi connectivity index (χ3n) is 1.22. The quantitative estimate of drug-likeness (QED) is 0.557. The molecule has 0 amide bonds. The SMILES string of the molecule is C=CC(=O)OC.CCC=C(C)C(=O)O. The van der Waals surface area contributed by atoms with Gasteiger partial charge in [0.1, 0.15) is 0 Å². The summed E-state index contributed by atoms with van der Waals surface area (Å²) in [5.41, 5.74) is 0.424. The summed E-state index contributed by atoms with van der Waals surface area (Å²) in [4.78, 5) is 19.9. The van der Waals surface area contributed by atoms with Crippen molar-refractivity contribution < 1.29 is 19.4 Å². The lowest BCUT2D eigenvalue weighted by Crippen LogP contribution is -1.94. The molecule has 0 bridgehead atoms. The molecule has 0 fully saturated rings. The average Bonchev–Trinajstić information content (AvgIpc) is 2.18. The van der Waals surface area contributed by atoms with Gasteiger partial charge in [-0.25, -0.2) is 9.59 Å². The number of carboxylic acid groups (broad SMARTS) is 1. The highest BCUT2D eigenvalue weighted by atomic mass is 16.5.